The quantitative estimate of drug-likeness (QED) is 0.801. The van der Waals surface area contributed by atoms with Crippen molar-refractivity contribution in [1.29, 1.82) is 0 Å². The Morgan fingerprint density at radius 3 is 2.50 bits per heavy atom. The van der Waals surface area contributed by atoms with Gasteiger partial charge in [-0.05, 0) is 24.3 Å². The minimum absolute atomic E-state index is 0.0731. The highest BCUT2D eigenvalue weighted by Crippen LogP contribution is 2.38. The van der Waals surface area contributed by atoms with Gasteiger partial charge in [0, 0.05) is 24.0 Å². The van der Waals surface area contributed by atoms with Crippen LogP contribution in [0.3, 0.4) is 0 Å². The molecule has 0 bridgehead atoms. The molecule has 0 atom stereocenters. The van der Waals surface area contributed by atoms with Gasteiger partial charge in [0.25, 0.3) is 0 Å². The van der Waals surface area contributed by atoms with Crippen molar-refractivity contribution in [2.75, 3.05) is 14.2 Å². The third-order valence-corrected chi connectivity index (χ3v) is 3.25. The molecule has 2 heterocycles. The number of methoxy groups -OCH3 is 2. The molecule has 6 heteroatoms. The van der Waals surface area contributed by atoms with Gasteiger partial charge in [-0.1, -0.05) is 6.07 Å². The van der Waals surface area contributed by atoms with Gasteiger partial charge in [-0.2, -0.15) is 5.10 Å². The van der Waals surface area contributed by atoms with Crippen LogP contribution in [0.5, 0.6) is 17.2 Å². The largest absolute Gasteiger partial charge is 0.507 e. The van der Waals surface area contributed by atoms with Gasteiger partial charge < -0.3 is 14.6 Å². The minimum Gasteiger partial charge on any atom is -0.507 e. The molecular weight excluding hydrogens is 282 g/mol. The smallest absolute Gasteiger partial charge is 0.164 e. The average Bonchev–Trinajstić information content (AvgIpc) is 3.05. The number of phenolic OH excluding ortho intramolecular Hbond substituents is 1. The predicted molar refractivity (Wildman–Crippen MR) is 81.6 cm³/mol. The van der Waals surface area contributed by atoms with E-state index in [1.165, 1.54) is 13.2 Å². The molecule has 0 amide bonds. The van der Waals surface area contributed by atoms with Crippen LogP contribution in [0.4, 0.5) is 0 Å². The zero-order valence-electron chi connectivity index (χ0n) is 12.2. The first kappa shape index (κ1) is 13.9. The van der Waals surface area contributed by atoms with E-state index >= 15 is 0 Å². The van der Waals surface area contributed by atoms with E-state index in [4.69, 9.17) is 9.47 Å². The molecule has 1 aromatic carbocycles. The summed E-state index contributed by atoms with van der Waals surface area (Å²) in [5.74, 6) is 1.77. The highest BCUT2D eigenvalue weighted by molar-refractivity contribution is 5.71. The summed E-state index contributed by atoms with van der Waals surface area (Å²) >= 11 is 0. The zero-order chi connectivity index (χ0) is 15.5. The third kappa shape index (κ3) is 2.46. The Labute approximate surface area is 127 Å². The number of hydrogen-bond donors (Lipinski definition) is 1. The molecule has 0 spiro atoms. The summed E-state index contributed by atoms with van der Waals surface area (Å²) in [5.41, 5.74) is 1.18. The molecule has 0 saturated carbocycles. The fourth-order valence-corrected chi connectivity index (χ4v) is 2.16. The van der Waals surface area contributed by atoms with E-state index in [1.54, 1.807) is 36.3 Å². The normalized spacial score (nSPS) is 10.5. The molecule has 112 valence electrons. The number of aromatic nitrogens is 3. The van der Waals surface area contributed by atoms with Crippen molar-refractivity contribution in [3.63, 3.8) is 0 Å². The van der Waals surface area contributed by atoms with Crippen molar-refractivity contribution >= 4 is 0 Å². The molecule has 2 aromatic heterocycles. The van der Waals surface area contributed by atoms with Crippen LogP contribution in [0, 0.1) is 0 Å². The molecule has 0 aliphatic heterocycles. The number of ether oxygens (including phenoxy) is 2. The lowest BCUT2D eigenvalue weighted by molar-refractivity contribution is 0.352. The second kappa shape index (κ2) is 5.77. The van der Waals surface area contributed by atoms with E-state index in [2.05, 4.69) is 10.1 Å². The van der Waals surface area contributed by atoms with Gasteiger partial charge in [-0.3, -0.25) is 0 Å². The van der Waals surface area contributed by atoms with E-state index in [1.807, 2.05) is 18.2 Å². The molecule has 0 saturated heterocycles. The van der Waals surface area contributed by atoms with Crippen LogP contribution in [0.2, 0.25) is 0 Å². The van der Waals surface area contributed by atoms with Gasteiger partial charge in [0.1, 0.15) is 5.75 Å². The second-order valence-electron chi connectivity index (χ2n) is 4.56. The molecule has 3 rings (SSSR count). The highest BCUT2D eigenvalue weighted by Gasteiger charge is 2.14. The number of hydrogen-bond acceptors (Lipinski definition) is 5. The molecular formula is C16H15N3O3. The van der Waals surface area contributed by atoms with Crippen molar-refractivity contribution in [1.82, 2.24) is 14.8 Å². The fraction of sp³-hybridized carbons (Fsp3) is 0.125. The van der Waals surface area contributed by atoms with Crippen molar-refractivity contribution in [2.45, 2.75) is 0 Å². The summed E-state index contributed by atoms with van der Waals surface area (Å²) in [4.78, 5) is 4.23. The SMILES string of the molecule is COc1cc(O)c(-c2ccn(-c3ccccn3)n2)cc1OC. The number of nitrogens with zero attached hydrogens (tertiary/aromatic N) is 3. The van der Waals surface area contributed by atoms with Crippen LogP contribution in [0.15, 0.2) is 48.8 Å². The lowest BCUT2D eigenvalue weighted by Crippen LogP contribution is -1.97. The van der Waals surface area contributed by atoms with E-state index in [0.29, 0.717) is 28.6 Å². The number of benzene rings is 1. The van der Waals surface area contributed by atoms with Crippen molar-refractivity contribution in [2.24, 2.45) is 0 Å². The summed E-state index contributed by atoms with van der Waals surface area (Å²) in [7, 11) is 3.07. The predicted octanol–water partition coefficient (Wildman–Crippen LogP) is 2.66. The molecule has 0 fully saturated rings. The summed E-state index contributed by atoms with van der Waals surface area (Å²) in [6, 6.07) is 10.6. The molecule has 0 aliphatic rings. The number of pyridine rings is 1. The Hall–Kier alpha value is -3.02. The lowest BCUT2D eigenvalue weighted by atomic mass is 10.1. The Bertz CT molecular complexity index is 785. The molecule has 3 aromatic rings. The molecule has 1 N–H and O–H groups in total. The van der Waals surface area contributed by atoms with Crippen molar-refractivity contribution in [3.8, 4) is 34.3 Å². The molecule has 0 radical (unpaired) electrons. The second-order valence-corrected chi connectivity index (χ2v) is 4.56. The fourth-order valence-electron chi connectivity index (χ4n) is 2.16. The van der Waals surface area contributed by atoms with Gasteiger partial charge in [-0.15, -0.1) is 0 Å². The monoisotopic (exact) mass is 297 g/mol. The van der Waals surface area contributed by atoms with Crippen molar-refractivity contribution < 1.29 is 14.6 Å². The number of phenols is 1. The first-order chi connectivity index (χ1) is 10.7. The molecule has 6 nitrogen and oxygen atoms in total. The van der Waals surface area contributed by atoms with Gasteiger partial charge in [0.05, 0.1) is 19.9 Å². The summed E-state index contributed by atoms with van der Waals surface area (Å²) in [6.45, 7) is 0. The molecule has 22 heavy (non-hydrogen) atoms. The van der Waals surface area contributed by atoms with Crippen LogP contribution in [-0.2, 0) is 0 Å². The van der Waals surface area contributed by atoms with Crippen LogP contribution in [0.1, 0.15) is 0 Å². The maximum Gasteiger partial charge on any atom is 0.164 e. The third-order valence-electron chi connectivity index (χ3n) is 3.25. The van der Waals surface area contributed by atoms with Crippen LogP contribution in [0.25, 0.3) is 17.1 Å². The molecule has 0 unspecified atom stereocenters. The van der Waals surface area contributed by atoms with Gasteiger partial charge >= 0.3 is 0 Å². The average molecular weight is 297 g/mol. The standard InChI is InChI=1S/C16H15N3O3/c1-21-14-9-11(13(20)10-15(14)22-2)12-6-8-19(18-12)16-5-3-4-7-17-16/h3-10,20H,1-2H3. The van der Waals surface area contributed by atoms with E-state index in [-0.39, 0.29) is 5.75 Å². The minimum atomic E-state index is 0.0731. The van der Waals surface area contributed by atoms with Crippen molar-refractivity contribution in [3.05, 3.63) is 48.8 Å². The van der Waals surface area contributed by atoms with Crippen LogP contribution in [-0.4, -0.2) is 34.1 Å². The number of aromatic hydroxyl groups is 1. The Morgan fingerprint density at radius 1 is 1.05 bits per heavy atom. The van der Waals surface area contributed by atoms with E-state index < -0.39 is 0 Å². The highest BCUT2D eigenvalue weighted by atomic mass is 16.5. The summed E-state index contributed by atoms with van der Waals surface area (Å²) < 4.78 is 12.1. The maximum atomic E-state index is 10.2. The Morgan fingerprint density at radius 2 is 1.82 bits per heavy atom. The summed E-state index contributed by atoms with van der Waals surface area (Å²) in [5, 5.41) is 14.6. The Kier molecular flexibility index (Phi) is 3.65. The van der Waals surface area contributed by atoms with E-state index in [9.17, 15) is 5.11 Å². The lowest BCUT2D eigenvalue weighted by Gasteiger charge is -2.10. The van der Waals surface area contributed by atoms with E-state index in [0.717, 1.165) is 0 Å². The molecule has 0 aliphatic carbocycles. The topological polar surface area (TPSA) is 69.4 Å². The summed E-state index contributed by atoms with van der Waals surface area (Å²) in [6.07, 6.45) is 3.48. The zero-order valence-corrected chi connectivity index (χ0v) is 12.2. The Balaban J connectivity index is 2.03. The first-order valence-corrected chi connectivity index (χ1v) is 6.65. The maximum absolute atomic E-state index is 10.2. The number of rotatable bonds is 4. The van der Waals surface area contributed by atoms with Gasteiger partial charge in [-0.25, -0.2) is 9.67 Å². The van der Waals surface area contributed by atoms with Crippen LogP contribution < -0.4 is 9.47 Å². The van der Waals surface area contributed by atoms with Gasteiger partial charge in [0.2, 0.25) is 0 Å². The first-order valence-electron chi connectivity index (χ1n) is 6.65. The van der Waals surface area contributed by atoms with Gasteiger partial charge in [0.15, 0.2) is 17.3 Å². The van der Waals surface area contributed by atoms with Crippen LogP contribution >= 0.6 is 0 Å².